The minimum atomic E-state index is 0.240. The van der Waals surface area contributed by atoms with Gasteiger partial charge in [-0.1, -0.05) is 35.3 Å². The number of anilines is 1. The molecule has 0 spiro atoms. The van der Waals surface area contributed by atoms with Crippen molar-refractivity contribution in [3.63, 3.8) is 0 Å². The molecular weight excluding hydrogens is 397 g/mol. The van der Waals surface area contributed by atoms with Crippen molar-refractivity contribution in [2.24, 2.45) is 0 Å². The van der Waals surface area contributed by atoms with Crippen molar-refractivity contribution < 1.29 is 14.6 Å². The lowest BCUT2D eigenvalue weighted by molar-refractivity contribution is 0.269. The lowest BCUT2D eigenvalue weighted by Gasteiger charge is -2.15. The first-order valence-corrected chi connectivity index (χ1v) is 9.66. The van der Waals surface area contributed by atoms with Crippen molar-refractivity contribution in [2.75, 3.05) is 11.9 Å². The number of phenolic OH excluding ortho intramolecular Hbond substituents is 1. The molecule has 0 bridgehead atoms. The molecule has 0 heterocycles. The van der Waals surface area contributed by atoms with Crippen molar-refractivity contribution in [1.82, 2.24) is 0 Å². The maximum absolute atomic E-state index is 9.36. The van der Waals surface area contributed by atoms with Crippen LogP contribution in [0.3, 0.4) is 0 Å². The first-order chi connectivity index (χ1) is 13.6. The number of rotatable bonds is 8. The molecule has 4 nitrogen and oxygen atoms in total. The van der Waals surface area contributed by atoms with Crippen LogP contribution in [0.2, 0.25) is 10.0 Å². The Morgan fingerprint density at radius 1 is 0.893 bits per heavy atom. The second kappa shape index (κ2) is 9.58. The van der Waals surface area contributed by atoms with Crippen LogP contribution in [0.15, 0.2) is 60.7 Å². The van der Waals surface area contributed by atoms with Crippen molar-refractivity contribution >= 4 is 28.9 Å². The zero-order valence-corrected chi connectivity index (χ0v) is 16.9. The molecule has 146 valence electrons. The summed E-state index contributed by atoms with van der Waals surface area (Å²) in [4.78, 5) is 0. The van der Waals surface area contributed by atoms with Gasteiger partial charge in [-0.05, 0) is 61.0 Å². The van der Waals surface area contributed by atoms with E-state index in [0.717, 1.165) is 16.8 Å². The van der Waals surface area contributed by atoms with Gasteiger partial charge in [0.15, 0.2) is 11.5 Å². The molecule has 0 radical (unpaired) electrons. The Morgan fingerprint density at radius 3 is 2.29 bits per heavy atom. The molecule has 0 saturated heterocycles. The predicted molar refractivity (Wildman–Crippen MR) is 114 cm³/mol. The molecular formula is C22H21Cl2NO3. The summed E-state index contributed by atoms with van der Waals surface area (Å²) in [5.74, 6) is 1.53. The van der Waals surface area contributed by atoms with Crippen LogP contribution >= 0.6 is 23.2 Å². The fraction of sp³-hybridized carbons (Fsp3) is 0.182. The average molecular weight is 418 g/mol. The van der Waals surface area contributed by atoms with Crippen LogP contribution in [0.1, 0.15) is 18.1 Å². The number of nitrogens with one attached hydrogen (secondary N) is 1. The van der Waals surface area contributed by atoms with Gasteiger partial charge >= 0.3 is 0 Å². The Labute approximate surface area is 174 Å². The second-order valence-corrected chi connectivity index (χ2v) is 6.92. The van der Waals surface area contributed by atoms with Crippen molar-refractivity contribution in [3.05, 3.63) is 81.8 Å². The Bertz CT molecular complexity index is 909. The normalized spacial score (nSPS) is 10.5. The minimum absolute atomic E-state index is 0.240. The maximum atomic E-state index is 9.36. The van der Waals surface area contributed by atoms with Gasteiger partial charge in [0.25, 0.3) is 0 Å². The third-order valence-electron chi connectivity index (χ3n) is 4.11. The van der Waals surface area contributed by atoms with Gasteiger partial charge in [-0.3, -0.25) is 0 Å². The fourth-order valence-corrected chi connectivity index (χ4v) is 3.16. The Balaban J connectivity index is 1.70. The highest BCUT2D eigenvalue weighted by Gasteiger charge is 2.10. The Kier molecular flexibility index (Phi) is 6.90. The molecule has 0 fully saturated rings. The van der Waals surface area contributed by atoms with E-state index in [0.29, 0.717) is 34.7 Å². The van der Waals surface area contributed by atoms with Gasteiger partial charge in [0.1, 0.15) is 12.4 Å². The molecule has 3 aromatic carbocycles. The molecule has 3 aromatic rings. The highest BCUT2D eigenvalue weighted by molar-refractivity contribution is 6.35. The smallest absolute Gasteiger partial charge is 0.161 e. The van der Waals surface area contributed by atoms with Crippen LogP contribution in [0.4, 0.5) is 5.69 Å². The van der Waals surface area contributed by atoms with Gasteiger partial charge in [-0.15, -0.1) is 0 Å². The standard InChI is InChI=1S/C22H21Cl2NO3/c1-2-27-22-12-15(13-25-16-7-9-17(26)10-8-16)6-11-21(22)28-14-18-19(23)4-3-5-20(18)24/h3-12,25-26H,2,13-14H2,1H3. The number of halogens is 2. The van der Waals surface area contributed by atoms with E-state index in [1.165, 1.54) is 0 Å². The van der Waals surface area contributed by atoms with Gasteiger partial charge in [-0.2, -0.15) is 0 Å². The van der Waals surface area contributed by atoms with Crippen LogP contribution < -0.4 is 14.8 Å². The number of hydrogen-bond acceptors (Lipinski definition) is 4. The maximum Gasteiger partial charge on any atom is 0.161 e. The van der Waals surface area contributed by atoms with E-state index in [9.17, 15) is 5.11 Å². The first-order valence-electron chi connectivity index (χ1n) is 8.91. The van der Waals surface area contributed by atoms with E-state index >= 15 is 0 Å². The SMILES string of the molecule is CCOc1cc(CNc2ccc(O)cc2)ccc1OCc1c(Cl)cccc1Cl. The molecule has 2 N–H and O–H groups in total. The van der Waals surface area contributed by atoms with E-state index in [1.807, 2.05) is 37.3 Å². The number of benzene rings is 3. The topological polar surface area (TPSA) is 50.7 Å². The van der Waals surface area contributed by atoms with Gasteiger partial charge < -0.3 is 19.9 Å². The Morgan fingerprint density at radius 2 is 1.61 bits per heavy atom. The summed E-state index contributed by atoms with van der Waals surface area (Å²) in [5, 5.41) is 13.8. The summed E-state index contributed by atoms with van der Waals surface area (Å²) in [6.07, 6.45) is 0. The summed E-state index contributed by atoms with van der Waals surface area (Å²) in [6.45, 7) is 3.32. The third-order valence-corrected chi connectivity index (χ3v) is 4.81. The van der Waals surface area contributed by atoms with Crippen molar-refractivity contribution in [1.29, 1.82) is 0 Å². The minimum Gasteiger partial charge on any atom is -0.508 e. The van der Waals surface area contributed by atoms with Crippen molar-refractivity contribution in [2.45, 2.75) is 20.1 Å². The molecule has 0 atom stereocenters. The quantitative estimate of drug-likeness (QED) is 0.422. The van der Waals surface area contributed by atoms with E-state index in [1.54, 1.807) is 30.3 Å². The summed E-state index contributed by atoms with van der Waals surface area (Å²) in [6, 6.07) is 18.1. The van der Waals surface area contributed by atoms with Gasteiger partial charge in [-0.25, -0.2) is 0 Å². The zero-order chi connectivity index (χ0) is 19.9. The number of ether oxygens (including phenoxy) is 2. The van der Waals surface area contributed by atoms with E-state index < -0.39 is 0 Å². The number of hydrogen-bond donors (Lipinski definition) is 2. The lowest BCUT2D eigenvalue weighted by Crippen LogP contribution is -2.03. The second-order valence-electron chi connectivity index (χ2n) is 6.10. The fourth-order valence-electron chi connectivity index (χ4n) is 2.65. The van der Waals surface area contributed by atoms with Gasteiger partial charge in [0.2, 0.25) is 0 Å². The molecule has 0 aliphatic rings. The number of aromatic hydroxyl groups is 1. The van der Waals surface area contributed by atoms with Crippen LogP contribution in [0, 0.1) is 0 Å². The summed E-state index contributed by atoms with van der Waals surface area (Å²) in [5.41, 5.74) is 2.70. The van der Waals surface area contributed by atoms with Crippen LogP contribution in [0.5, 0.6) is 17.2 Å². The largest absolute Gasteiger partial charge is 0.508 e. The van der Waals surface area contributed by atoms with Crippen LogP contribution in [0.25, 0.3) is 0 Å². The highest BCUT2D eigenvalue weighted by atomic mass is 35.5. The highest BCUT2D eigenvalue weighted by Crippen LogP contribution is 2.32. The van der Waals surface area contributed by atoms with Gasteiger partial charge in [0, 0.05) is 27.8 Å². The average Bonchev–Trinajstić information content (AvgIpc) is 2.68. The summed E-state index contributed by atoms with van der Waals surface area (Å²) in [7, 11) is 0. The zero-order valence-electron chi connectivity index (χ0n) is 15.4. The van der Waals surface area contributed by atoms with E-state index in [-0.39, 0.29) is 12.4 Å². The lowest BCUT2D eigenvalue weighted by atomic mass is 10.2. The first kappa shape index (κ1) is 20.2. The molecule has 0 amide bonds. The third kappa shape index (κ3) is 5.24. The van der Waals surface area contributed by atoms with Crippen LogP contribution in [-0.4, -0.2) is 11.7 Å². The molecule has 0 unspecified atom stereocenters. The molecule has 0 aliphatic heterocycles. The van der Waals surface area contributed by atoms with E-state index in [2.05, 4.69) is 5.32 Å². The molecule has 28 heavy (non-hydrogen) atoms. The monoisotopic (exact) mass is 417 g/mol. The van der Waals surface area contributed by atoms with E-state index in [4.69, 9.17) is 32.7 Å². The predicted octanol–water partition coefficient (Wildman–Crippen LogP) is 6.29. The molecule has 6 heteroatoms. The molecule has 3 rings (SSSR count). The Hall–Kier alpha value is -2.56. The number of phenols is 1. The molecule has 0 aliphatic carbocycles. The summed E-state index contributed by atoms with van der Waals surface area (Å²) >= 11 is 12.4. The molecule has 0 saturated carbocycles. The van der Waals surface area contributed by atoms with Crippen LogP contribution in [-0.2, 0) is 13.2 Å². The van der Waals surface area contributed by atoms with Crippen molar-refractivity contribution in [3.8, 4) is 17.2 Å². The van der Waals surface area contributed by atoms with Gasteiger partial charge in [0.05, 0.1) is 6.61 Å². The summed E-state index contributed by atoms with van der Waals surface area (Å²) < 4.78 is 11.7. The molecule has 0 aromatic heterocycles.